The smallest absolute Gasteiger partial charge is 0.266 e. The maximum absolute atomic E-state index is 13.2. The minimum atomic E-state index is -0.304. The van der Waals surface area contributed by atoms with Crippen molar-refractivity contribution in [2.75, 3.05) is 5.32 Å². The highest BCUT2D eigenvalue weighted by Crippen LogP contribution is 2.27. The first-order valence-electron chi connectivity index (χ1n) is 6.15. The number of carbonyl (C=O) groups is 1. The van der Waals surface area contributed by atoms with Crippen LogP contribution in [0.3, 0.4) is 0 Å². The van der Waals surface area contributed by atoms with Crippen LogP contribution in [-0.2, 0) is 0 Å². The molecule has 106 valence electrons. The first-order chi connectivity index (χ1) is 10.0. The van der Waals surface area contributed by atoms with Crippen LogP contribution < -0.4 is 5.32 Å². The van der Waals surface area contributed by atoms with Gasteiger partial charge in [0.25, 0.3) is 5.91 Å². The number of halogens is 2. The predicted molar refractivity (Wildman–Crippen MR) is 86.4 cm³/mol. The molecule has 0 fully saturated rings. The fraction of sp³-hybridized carbons (Fsp3) is 0.0667. The Labute approximate surface area is 133 Å². The van der Waals surface area contributed by atoms with Gasteiger partial charge in [0.05, 0.1) is 4.88 Å². The van der Waals surface area contributed by atoms with Gasteiger partial charge in [0.2, 0.25) is 0 Å². The van der Waals surface area contributed by atoms with Crippen molar-refractivity contribution in [3.63, 3.8) is 0 Å². The van der Waals surface area contributed by atoms with Crippen LogP contribution in [0.25, 0.3) is 10.1 Å². The molecule has 0 radical (unpaired) electrons. The van der Waals surface area contributed by atoms with Crippen LogP contribution in [0.5, 0.6) is 0 Å². The Balaban J connectivity index is 1.89. The Bertz CT molecular complexity index is 847. The van der Waals surface area contributed by atoms with Gasteiger partial charge in [0.1, 0.15) is 11.6 Å². The van der Waals surface area contributed by atoms with E-state index in [2.05, 4.69) is 26.2 Å². The molecule has 0 aliphatic carbocycles. The molecule has 3 rings (SSSR count). The lowest BCUT2D eigenvalue weighted by molar-refractivity contribution is 0.103. The topological polar surface area (TPSA) is 42.0 Å². The zero-order chi connectivity index (χ0) is 15.0. The molecule has 21 heavy (non-hydrogen) atoms. The van der Waals surface area contributed by atoms with Crippen molar-refractivity contribution in [1.82, 2.24) is 4.98 Å². The second-order valence-electron chi connectivity index (χ2n) is 4.57. The van der Waals surface area contributed by atoms with Crippen LogP contribution in [0.2, 0.25) is 0 Å². The molecule has 0 atom stereocenters. The number of nitrogens with one attached hydrogen (secondary N) is 1. The van der Waals surface area contributed by atoms with Crippen LogP contribution in [0.4, 0.5) is 10.2 Å². The normalized spacial score (nSPS) is 10.8. The van der Waals surface area contributed by atoms with Crippen molar-refractivity contribution < 1.29 is 9.18 Å². The summed E-state index contributed by atoms with van der Waals surface area (Å²) in [5, 5.41) is 3.63. The minimum absolute atomic E-state index is 0.241. The summed E-state index contributed by atoms with van der Waals surface area (Å²) in [6.07, 6.45) is 1.63. The number of pyridine rings is 1. The van der Waals surface area contributed by atoms with Gasteiger partial charge in [-0.15, -0.1) is 11.3 Å². The third kappa shape index (κ3) is 2.96. The van der Waals surface area contributed by atoms with E-state index in [9.17, 15) is 9.18 Å². The highest BCUT2D eigenvalue weighted by molar-refractivity contribution is 9.10. The fourth-order valence-corrected chi connectivity index (χ4v) is 3.39. The number of fused-ring (bicyclic) bond motifs is 1. The second kappa shape index (κ2) is 5.54. The molecule has 0 aliphatic heterocycles. The van der Waals surface area contributed by atoms with E-state index in [0.717, 1.165) is 20.1 Å². The van der Waals surface area contributed by atoms with E-state index in [0.29, 0.717) is 10.7 Å². The lowest BCUT2D eigenvalue weighted by Gasteiger charge is -2.06. The lowest BCUT2D eigenvalue weighted by atomic mass is 10.2. The van der Waals surface area contributed by atoms with Gasteiger partial charge in [-0.25, -0.2) is 9.37 Å². The molecule has 2 aromatic heterocycles. The summed E-state index contributed by atoms with van der Waals surface area (Å²) in [6.45, 7) is 1.87. The van der Waals surface area contributed by atoms with E-state index in [1.807, 2.05) is 13.0 Å². The van der Waals surface area contributed by atoms with Gasteiger partial charge in [-0.2, -0.15) is 0 Å². The van der Waals surface area contributed by atoms with Crippen molar-refractivity contribution in [3.8, 4) is 0 Å². The zero-order valence-corrected chi connectivity index (χ0v) is 13.4. The predicted octanol–water partition coefficient (Wildman–Crippen LogP) is 4.76. The molecule has 0 saturated carbocycles. The molecule has 6 heteroatoms. The number of rotatable bonds is 2. The second-order valence-corrected chi connectivity index (χ2v) is 6.57. The number of aromatic nitrogens is 1. The van der Waals surface area contributed by atoms with E-state index in [1.165, 1.54) is 23.5 Å². The van der Waals surface area contributed by atoms with Crippen LogP contribution in [0.1, 0.15) is 15.2 Å². The quantitative estimate of drug-likeness (QED) is 0.712. The van der Waals surface area contributed by atoms with Gasteiger partial charge in [-0.3, -0.25) is 4.79 Å². The van der Waals surface area contributed by atoms with Crippen LogP contribution in [0, 0.1) is 12.7 Å². The number of hydrogen-bond donors (Lipinski definition) is 1. The number of hydrogen-bond acceptors (Lipinski definition) is 3. The van der Waals surface area contributed by atoms with Gasteiger partial charge in [-0.1, -0.05) is 6.07 Å². The summed E-state index contributed by atoms with van der Waals surface area (Å²) in [5.74, 6) is -0.0249. The molecule has 0 spiro atoms. The summed E-state index contributed by atoms with van der Waals surface area (Å²) in [5.41, 5.74) is 0.866. The zero-order valence-electron chi connectivity index (χ0n) is 11.0. The summed E-state index contributed by atoms with van der Waals surface area (Å²) in [6, 6.07) is 8.12. The molecular formula is C15H10BrFN2OS. The molecular weight excluding hydrogens is 355 g/mol. The van der Waals surface area contributed by atoms with Crippen molar-refractivity contribution >= 4 is 49.1 Å². The monoisotopic (exact) mass is 364 g/mol. The molecule has 0 unspecified atom stereocenters. The molecule has 1 aromatic carbocycles. The molecule has 3 nitrogen and oxygen atoms in total. The third-order valence-electron chi connectivity index (χ3n) is 2.98. The maximum atomic E-state index is 13.2. The molecule has 1 amide bonds. The number of carbonyl (C=O) groups excluding carboxylic acids is 1. The Morgan fingerprint density at radius 1 is 1.33 bits per heavy atom. The van der Waals surface area contributed by atoms with Crippen molar-refractivity contribution in [2.24, 2.45) is 0 Å². The van der Waals surface area contributed by atoms with Crippen LogP contribution in [0.15, 0.2) is 41.0 Å². The molecule has 0 bridgehead atoms. The van der Waals surface area contributed by atoms with Gasteiger partial charge >= 0.3 is 0 Å². The Hall–Kier alpha value is -1.79. The van der Waals surface area contributed by atoms with Gasteiger partial charge in [-0.05, 0) is 58.1 Å². The Morgan fingerprint density at radius 2 is 2.14 bits per heavy atom. The summed E-state index contributed by atoms with van der Waals surface area (Å²) >= 11 is 4.59. The minimum Gasteiger partial charge on any atom is -0.306 e. The summed E-state index contributed by atoms with van der Waals surface area (Å²) in [4.78, 5) is 17.0. The molecule has 3 aromatic rings. The van der Waals surface area contributed by atoms with Crippen molar-refractivity contribution in [1.29, 1.82) is 0 Å². The van der Waals surface area contributed by atoms with Crippen LogP contribution >= 0.6 is 27.3 Å². The van der Waals surface area contributed by atoms with Crippen molar-refractivity contribution in [3.05, 3.63) is 57.3 Å². The molecule has 2 heterocycles. The number of amides is 1. The highest BCUT2D eigenvalue weighted by Gasteiger charge is 2.12. The van der Waals surface area contributed by atoms with Gasteiger partial charge in [0.15, 0.2) is 0 Å². The molecule has 0 aliphatic rings. The van der Waals surface area contributed by atoms with E-state index < -0.39 is 0 Å². The summed E-state index contributed by atoms with van der Waals surface area (Å²) in [7, 11) is 0. The van der Waals surface area contributed by atoms with E-state index >= 15 is 0 Å². The average Bonchev–Trinajstić information content (AvgIpc) is 2.85. The Kier molecular flexibility index (Phi) is 3.73. The third-order valence-corrected chi connectivity index (χ3v) is 4.51. The molecule has 0 saturated heterocycles. The van der Waals surface area contributed by atoms with Gasteiger partial charge < -0.3 is 5.32 Å². The first-order valence-corrected chi connectivity index (χ1v) is 7.76. The number of benzene rings is 1. The Morgan fingerprint density at radius 3 is 2.90 bits per heavy atom. The summed E-state index contributed by atoms with van der Waals surface area (Å²) < 4.78 is 14.8. The average molecular weight is 365 g/mol. The lowest BCUT2D eigenvalue weighted by Crippen LogP contribution is -2.12. The highest BCUT2D eigenvalue weighted by atomic mass is 79.9. The van der Waals surface area contributed by atoms with Crippen molar-refractivity contribution in [2.45, 2.75) is 6.92 Å². The standard InChI is InChI=1S/C15H10BrFN2OS/c1-8-4-10(16)7-18-14(8)19-15(20)13-5-9-2-3-11(17)6-12(9)21-13/h2-7H,1H3,(H,18,19,20). The SMILES string of the molecule is Cc1cc(Br)cnc1NC(=O)c1cc2ccc(F)cc2s1. The van der Waals surface area contributed by atoms with E-state index in [-0.39, 0.29) is 11.7 Å². The molecule has 1 N–H and O–H groups in total. The number of thiophene rings is 1. The van der Waals surface area contributed by atoms with Crippen LogP contribution in [-0.4, -0.2) is 10.9 Å². The maximum Gasteiger partial charge on any atom is 0.266 e. The van der Waals surface area contributed by atoms with E-state index in [1.54, 1.807) is 18.3 Å². The van der Waals surface area contributed by atoms with Gasteiger partial charge in [0, 0.05) is 15.4 Å². The largest absolute Gasteiger partial charge is 0.306 e. The number of anilines is 1. The number of nitrogens with zero attached hydrogens (tertiary/aromatic N) is 1. The number of aryl methyl sites for hydroxylation is 1. The van der Waals surface area contributed by atoms with E-state index in [4.69, 9.17) is 0 Å². The fourth-order valence-electron chi connectivity index (χ4n) is 1.96. The first kappa shape index (κ1) is 14.2.